The zero-order valence-electron chi connectivity index (χ0n) is 13.6. The minimum absolute atomic E-state index is 0.117. The van der Waals surface area contributed by atoms with Gasteiger partial charge in [0.2, 0.25) is 5.91 Å². The van der Waals surface area contributed by atoms with Crippen LogP contribution in [0.3, 0.4) is 0 Å². The van der Waals surface area contributed by atoms with Gasteiger partial charge in [-0.15, -0.1) is 17.9 Å². The van der Waals surface area contributed by atoms with E-state index in [1.54, 1.807) is 23.1 Å². The van der Waals surface area contributed by atoms with Gasteiger partial charge < -0.3 is 0 Å². The van der Waals surface area contributed by atoms with E-state index < -0.39 is 0 Å². The number of amides is 1. The van der Waals surface area contributed by atoms with Crippen LogP contribution in [0, 0.1) is 5.82 Å². The summed E-state index contributed by atoms with van der Waals surface area (Å²) in [4.78, 5) is 18.8. The van der Waals surface area contributed by atoms with Crippen molar-refractivity contribution in [2.45, 2.75) is 6.42 Å². The molecule has 0 aliphatic rings. The number of hydrogen-bond acceptors (Lipinski definition) is 3. The van der Waals surface area contributed by atoms with Gasteiger partial charge in [-0.05, 0) is 17.7 Å². The molecule has 0 unspecified atom stereocenters. The lowest BCUT2D eigenvalue weighted by Crippen LogP contribution is -2.32. The van der Waals surface area contributed by atoms with Crippen LogP contribution in [0.1, 0.15) is 5.56 Å². The van der Waals surface area contributed by atoms with Crippen LogP contribution in [0.5, 0.6) is 0 Å². The Balaban J connectivity index is 1.82. The van der Waals surface area contributed by atoms with Gasteiger partial charge in [0.25, 0.3) is 0 Å². The highest BCUT2D eigenvalue weighted by Crippen LogP contribution is 2.27. The maximum absolute atomic E-state index is 13.3. The van der Waals surface area contributed by atoms with Crippen LogP contribution in [-0.4, -0.2) is 17.4 Å². The molecular weight excluding hydrogens is 335 g/mol. The number of rotatable bonds is 6. The highest BCUT2D eigenvalue weighted by molar-refractivity contribution is 7.14. The zero-order chi connectivity index (χ0) is 17.6. The smallest absolute Gasteiger partial charge is 0.233 e. The van der Waals surface area contributed by atoms with Gasteiger partial charge in [-0.25, -0.2) is 9.37 Å². The molecule has 1 aromatic heterocycles. The fourth-order valence-electron chi connectivity index (χ4n) is 2.46. The molecule has 3 nitrogen and oxygen atoms in total. The number of aromatic nitrogens is 1. The number of hydrogen-bond donors (Lipinski definition) is 0. The maximum Gasteiger partial charge on any atom is 0.233 e. The first-order chi connectivity index (χ1) is 12.2. The van der Waals surface area contributed by atoms with Gasteiger partial charge in [0.15, 0.2) is 5.13 Å². The first-order valence-corrected chi connectivity index (χ1v) is 8.72. The number of halogens is 1. The highest BCUT2D eigenvalue weighted by atomic mass is 32.1. The van der Waals surface area contributed by atoms with Crippen LogP contribution in [0.25, 0.3) is 11.3 Å². The van der Waals surface area contributed by atoms with Crippen LogP contribution < -0.4 is 4.90 Å². The lowest BCUT2D eigenvalue weighted by molar-refractivity contribution is -0.117. The topological polar surface area (TPSA) is 33.2 Å². The quantitative estimate of drug-likeness (QED) is 0.602. The van der Waals surface area contributed by atoms with Crippen LogP contribution in [0.15, 0.2) is 72.6 Å². The second kappa shape index (κ2) is 7.85. The number of nitrogens with zero attached hydrogens (tertiary/aromatic N) is 2. The van der Waals surface area contributed by atoms with Crippen molar-refractivity contribution in [1.82, 2.24) is 4.98 Å². The van der Waals surface area contributed by atoms with E-state index in [4.69, 9.17) is 0 Å². The third kappa shape index (κ3) is 4.19. The Hall–Kier alpha value is -2.79. The molecule has 5 heteroatoms. The Bertz CT molecular complexity index is 876. The molecule has 0 fully saturated rings. The predicted molar refractivity (Wildman–Crippen MR) is 100 cm³/mol. The van der Waals surface area contributed by atoms with E-state index in [1.807, 2.05) is 35.7 Å². The van der Waals surface area contributed by atoms with E-state index in [0.717, 1.165) is 11.3 Å². The van der Waals surface area contributed by atoms with Gasteiger partial charge in [-0.3, -0.25) is 9.69 Å². The third-order valence-corrected chi connectivity index (χ3v) is 4.51. The zero-order valence-corrected chi connectivity index (χ0v) is 14.4. The standard InChI is InChI=1S/C20H17FN2OS/c1-2-11-23(19(24)13-15-7-6-10-17(21)12-15)20-22-18(14-25-20)16-8-4-3-5-9-16/h2-10,12,14H,1,11,13H2. The summed E-state index contributed by atoms with van der Waals surface area (Å²) in [5.41, 5.74) is 2.47. The SMILES string of the molecule is C=CCN(C(=O)Cc1cccc(F)c1)c1nc(-c2ccccc2)cs1. The van der Waals surface area contributed by atoms with Crippen LogP contribution in [0.2, 0.25) is 0 Å². The van der Waals surface area contributed by atoms with Gasteiger partial charge in [-0.1, -0.05) is 48.5 Å². The molecule has 126 valence electrons. The second-order valence-corrected chi connectivity index (χ2v) is 6.32. The van der Waals surface area contributed by atoms with E-state index >= 15 is 0 Å². The number of anilines is 1. The van der Waals surface area contributed by atoms with Crippen molar-refractivity contribution < 1.29 is 9.18 Å². The molecule has 0 aliphatic carbocycles. The van der Waals surface area contributed by atoms with E-state index in [-0.39, 0.29) is 18.1 Å². The number of carbonyl (C=O) groups is 1. The minimum atomic E-state index is -0.346. The summed E-state index contributed by atoms with van der Waals surface area (Å²) in [5, 5.41) is 2.54. The van der Waals surface area contributed by atoms with Gasteiger partial charge in [0.1, 0.15) is 5.82 Å². The van der Waals surface area contributed by atoms with Crippen LogP contribution in [0.4, 0.5) is 9.52 Å². The first kappa shape index (κ1) is 17.0. The summed E-state index contributed by atoms with van der Waals surface area (Å²) in [6, 6.07) is 15.9. The average molecular weight is 352 g/mol. The lowest BCUT2D eigenvalue weighted by Gasteiger charge is -2.18. The van der Waals surface area contributed by atoms with Gasteiger partial charge in [0, 0.05) is 17.5 Å². The van der Waals surface area contributed by atoms with Gasteiger partial charge in [-0.2, -0.15) is 0 Å². The number of benzene rings is 2. The Morgan fingerprint density at radius 2 is 2.00 bits per heavy atom. The molecule has 3 rings (SSSR count). The van der Waals surface area contributed by atoms with Crippen molar-refractivity contribution in [3.8, 4) is 11.3 Å². The normalized spacial score (nSPS) is 10.4. The number of carbonyl (C=O) groups excluding carboxylic acids is 1. The highest BCUT2D eigenvalue weighted by Gasteiger charge is 2.19. The Kier molecular flexibility index (Phi) is 5.36. The Morgan fingerprint density at radius 1 is 1.20 bits per heavy atom. The molecule has 0 bridgehead atoms. The van der Waals surface area contributed by atoms with E-state index in [0.29, 0.717) is 17.2 Å². The summed E-state index contributed by atoms with van der Waals surface area (Å²) in [6.07, 6.45) is 1.78. The van der Waals surface area contributed by atoms with E-state index in [2.05, 4.69) is 11.6 Å². The summed E-state index contributed by atoms with van der Waals surface area (Å²) in [6.45, 7) is 4.07. The molecule has 0 atom stereocenters. The van der Waals surface area contributed by atoms with Crippen molar-refractivity contribution in [1.29, 1.82) is 0 Å². The molecule has 0 spiro atoms. The van der Waals surface area contributed by atoms with Gasteiger partial charge in [0.05, 0.1) is 12.1 Å². The average Bonchev–Trinajstić information content (AvgIpc) is 3.10. The largest absolute Gasteiger partial charge is 0.284 e. The molecule has 1 heterocycles. The van der Waals surface area contributed by atoms with Gasteiger partial charge >= 0.3 is 0 Å². The van der Waals surface area contributed by atoms with E-state index in [1.165, 1.54) is 23.5 Å². The molecule has 0 N–H and O–H groups in total. The lowest BCUT2D eigenvalue weighted by atomic mass is 10.1. The molecule has 25 heavy (non-hydrogen) atoms. The monoisotopic (exact) mass is 352 g/mol. The molecule has 0 saturated heterocycles. The van der Waals surface area contributed by atoms with Crippen molar-refractivity contribution in [2.24, 2.45) is 0 Å². The fourth-order valence-corrected chi connectivity index (χ4v) is 3.32. The molecular formula is C20H17FN2OS. The molecule has 0 saturated carbocycles. The second-order valence-electron chi connectivity index (χ2n) is 5.48. The summed E-state index contributed by atoms with van der Waals surface area (Å²) < 4.78 is 13.3. The first-order valence-electron chi connectivity index (χ1n) is 7.84. The molecule has 0 aliphatic heterocycles. The maximum atomic E-state index is 13.3. The minimum Gasteiger partial charge on any atom is -0.284 e. The third-order valence-electron chi connectivity index (χ3n) is 3.65. The Morgan fingerprint density at radius 3 is 2.72 bits per heavy atom. The summed E-state index contributed by atoms with van der Waals surface area (Å²) in [7, 11) is 0. The molecule has 1 amide bonds. The van der Waals surface area contributed by atoms with Crippen LogP contribution >= 0.6 is 11.3 Å². The fraction of sp³-hybridized carbons (Fsp3) is 0.100. The van der Waals surface area contributed by atoms with E-state index in [9.17, 15) is 9.18 Å². The van der Waals surface area contributed by atoms with Crippen molar-refractivity contribution in [3.05, 3.63) is 84.0 Å². The molecule has 2 aromatic carbocycles. The Labute approximate surface area is 150 Å². The summed E-state index contributed by atoms with van der Waals surface area (Å²) in [5.74, 6) is -0.486. The van der Waals surface area contributed by atoms with Crippen molar-refractivity contribution in [2.75, 3.05) is 11.4 Å². The number of thiazole rings is 1. The van der Waals surface area contributed by atoms with Crippen LogP contribution in [-0.2, 0) is 11.2 Å². The summed E-state index contributed by atoms with van der Waals surface area (Å²) >= 11 is 1.41. The van der Waals surface area contributed by atoms with Crippen molar-refractivity contribution in [3.63, 3.8) is 0 Å². The predicted octanol–water partition coefficient (Wildman–Crippen LogP) is 4.71. The molecule has 0 radical (unpaired) electrons. The van der Waals surface area contributed by atoms with Crippen molar-refractivity contribution >= 4 is 22.4 Å². The molecule has 3 aromatic rings.